The second-order valence-corrected chi connectivity index (χ2v) is 7.87. The van der Waals surface area contributed by atoms with Gasteiger partial charge in [-0.1, -0.05) is 18.2 Å². The Bertz CT molecular complexity index is 683. The molecular weight excluding hydrogens is 319 g/mol. The van der Waals surface area contributed by atoms with Crippen LogP contribution in [0.25, 0.3) is 0 Å². The van der Waals surface area contributed by atoms with Crippen LogP contribution in [0.2, 0.25) is 0 Å². The second kappa shape index (κ2) is 5.57. The third kappa shape index (κ3) is 3.60. The predicted octanol–water partition coefficient (Wildman–Crippen LogP) is 2.66. The molecule has 0 radical (unpaired) electrons. The van der Waals surface area contributed by atoms with Crippen LogP contribution in [-0.4, -0.2) is 19.6 Å². The number of carbonyl (C=O) groups excluding carboxylic acids is 1. The van der Waals surface area contributed by atoms with Crippen LogP contribution in [0.3, 0.4) is 0 Å². The average molecular weight is 335 g/mol. The van der Waals surface area contributed by atoms with Crippen LogP contribution in [0, 0.1) is 5.92 Å². The average Bonchev–Trinajstić information content (AvgIpc) is 3.17. The highest BCUT2D eigenvalue weighted by atomic mass is 32.2. The number of hydrogen-bond donors (Lipinski definition) is 1. The molecular formula is C14H16F3NO3S. The van der Waals surface area contributed by atoms with Gasteiger partial charge in [-0.05, 0) is 37.8 Å². The minimum atomic E-state index is -4.44. The molecule has 1 aliphatic rings. The monoisotopic (exact) mass is 335 g/mol. The summed E-state index contributed by atoms with van der Waals surface area (Å²) in [5.41, 5.74) is -0.372. The Hall–Kier alpha value is -1.57. The molecule has 0 heterocycles. The largest absolute Gasteiger partial charge is 0.416 e. The number of rotatable bonds is 4. The molecule has 2 atom stereocenters. The number of hydrogen-bond acceptors (Lipinski definition) is 3. The zero-order chi connectivity index (χ0) is 16.7. The topological polar surface area (TPSA) is 63.2 Å². The van der Waals surface area contributed by atoms with Crippen LogP contribution in [0.5, 0.6) is 0 Å². The van der Waals surface area contributed by atoms with Gasteiger partial charge in [0.05, 0.1) is 10.8 Å². The normalized spacial score (nSPS) is 21.7. The van der Waals surface area contributed by atoms with Crippen LogP contribution in [0.1, 0.15) is 37.3 Å². The summed E-state index contributed by atoms with van der Waals surface area (Å²) in [5, 5.41) is -0.748. The molecule has 0 unspecified atom stereocenters. The van der Waals surface area contributed by atoms with Crippen molar-refractivity contribution >= 4 is 15.9 Å². The first-order valence-corrected chi connectivity index (χ1v) is 8.29. The van der Waals surface area contributed by atoms with E-state index in [1.165, 1.54) is 26.0 Å². The minimum Gasteiger partial charge on any atom is -0.274 e. The van der Waals surface area contributed by atoms with Crippen molar-refractivity contribution in [1.29, 1.82) is 0 Å². The minimum absolute atomic E-state index is 0.348. The molecule has 22 heavy (non-hydrogen) atoms. The third-order valence-corrected chi connectivity index (χ3v) is 5.36. The molecule has 0 aliphatic heterocycles. The van der Waals surface area contributed by atoms with E-state index in [1.807, 2.05) is 4.72 Å². The number of halogens is 3. The van der Waals surface area contributed by atoms with Crippen LogP contribution in [0.15, 0.2) is 24.3 Å². The summed E-state index contributed by atoms with van der Waals surface area (Å²) >= 11 is 0. The zero-order valence-corrected chi connectivity index (χ0v) is 12.8. The molecule has 2 rings (SSSR count). The van der Waals surface area contributed by atoms with Crippen molar-refractivity contribution in [2.45, 2.75) is 37.6 Å². The fraction of sp³-hybridized carbons (Fsp3) is 0.500. The quantitative estimate of drug-likeness (QED) is 0.920. The summed E-state index contributed by atoms with van der Waals surface area (Å²) in [5.74, 6) is -1.63. The van der Waals surface area contributed by atoms with Crippen molar-refractivity contribution < 1.29 is 26.4 Å². The number of nitrogens with one attached hydrogen (secondary N) is 1. The van der Waals surface area contributed by atoms with Gasteiger partial charge in [0.1, 0.15) is 0 Å². The highest BCUT2D eigenvalue weighted by molar-refractivity contribution is 7.90. The maximum atomic E-state index is 12.7. The first kappa shape index (κ1) is 16.8. The van der Waals surface area contributed by atoms with Crippen molar-refractivity contribution in [2.75, 3.05) is 0 Å². The fourth-order valence-corrected chi connectivity index (χ4v) is 2.80. The van der Waals surface area contributed by atoms with Gasteiger partial charge in [0, 0.05) is 5.92 Å². The molecule has 4 nitrogen and oxygen atoms in total. The Morgan fingerprint density at radius 3 is 2.50 bits per heavy atom. The Labute approximate surface area is 126 Å². The lowest BCUT2D eigenvalue weighted by atomic mass is 10.1. The number of amides is 1. The lowest BCUT2D eigenvalue weighted by molar-refractivity contribution is -0.137. The molecule has 0 spiro atoms. The number of carbonyl (C=O) groups is 1. The van der Waals surface area contributed by atoms with Gasteiger partial charge in [-0.15, -0.1) is 0 Å². The smallest absolute Gasteiger partial charge is 0.274 e. The van der Waals surface area contributed by atoms with Gasteiger partial charge in [-0.25, -0.2) is 8.42 Å². The highest BCUT2D eigenvalue weighted by Crippen LogP contribution is 2.48. The molecule has 0 bridgehead atoms. The number of sulfonamides is 1. The van der Waals surface area contributed by atoms with Crippen LogP contribution < -0.4 is 4.72 Å². The van der Waals surface area contributed by atoms with E-state index in [-0.39, 0.29) is 5.92 Å². The van der Waals surface area contributed by atoms with Gasteiger partial charge >= 0.3 is 6.18 Å². The van der Waals surface area contributed by atoms with E-state index >= 15 is 0 Å². The Morgan fingerprint density at radius 1 is 1.32 bits per heavy atom. The second-order valence-electron chi connectivity index (χ2n) is 5.63. The molecule has 8 heteroatoms. The molecule has 1 fully saturated rings. The van der Waals surface area contributed by atoms with Gasteiger partial charge in [0.2, 0.25) is 15.9 Å². The Kier molecular flexibility index (Phi) is 4.25. The van der Waals surface area contributed by atoms with Crippen molar-refractivity contribution in [3.63, 3.8) is 0 Å². The van der Waals surface area contributed by atoms with Gasteiger partial charge in [-0.2, -0.15) is 13.2 Å². The van der Waals surface area contributed by atoms with Gasteiger partial charge in [0.15, 0.2) is 0 Å². The van der Waals surface area contributed by atoms with E-state index in [0.29, 0.717) is 12.0 Å². The van der Waals surface area contributed by atoms with E-state index < -0.39 is 38.8 Å². The first-order valence-electron chi connectivity index (χ1n) is 6.75. The zero-order valence-electron chi connectivity index (χ0n) is 12.0. The predicted molar refractivity (Wildman–Crippen MR) is 74.5 cm³/mol. The molecule has 1 aromatic rings. The summed E-state index contributed by atoms with van der Waals surface area (Å²) in [6, 6.07) is 4.78. The molecule has 1 aliphatic carbocycles. The molecule has 1 saturated carbocycles. The Morgan fingerprint density at radius 2 is 1.95 bits per heavy atom. The van der Waals surface area contributed by atoms with Crippen molar-refractivity contribution in [3.8, 4) is 0 Å². The Balaban J connectivity index is 2.08. The first-order chi connectivity index (χ1) is 10.0. The van der Waals surface area contributed by atoms with Crippen LogP contribution >= 0.6 is 0 Å². The molecule has 0 aromatic heterocycles. The SMILES string of the molecule is CC(C)S(=O)(=O)NC(=O)[C@H]1C[C@H]1c1cccc(C(F)(F)F)c1. The lowest BCUT2D eigenvalue weighted by Gasteiger charge is -2.10. The van der Waals surface area contributed by atoms with E-state index in [1.54, 1.807) is 0 Å². The molecule has 1 aromatic carbocycles. The van der Waals surface area contributed by atoms with Crippen molar-refractivity contribution in [2.24, 2.45) is 5.92 Å². The van der Waals surface area contributed by atoms with E-state index in [0.717, 1.165) is 12.1 Å². The third-order valence-electron chi connectivity index (χ3n) is 3.63. The summed E-state index contributed by atoms with van der Waals surface area (Å²) in [7, 11) is -3.72. The molecule has 0 saturated heterocycles. The van der Waals surface area contributed by atoms with E-state index in [9.17, 15) is 26.4 Å². The van der Waals surface area contributed by atoms with Gasteiger partial charge in [-0.3, -0.25) is 9.52 Å². The molecule has 1 N–H and O–H groups in total. The van der Waals surface area contributed by atoms with E-state index in [2.05, 4.69) is 0 Å². The molecule has 1 amide bonds. The summed E-state index contributed by atoms with van der Waals surface area (Å²) < 4.78 is 63.2. The summed E-state index contributed by atoms with van der Waals surface area (Å²) in [6.45, 7) is 2.87. The van der Waals surface area contributed by atoms with Crippen LogP contribution in [-0.2, 0) is 21.0 Å². The summed E-state index contributed by atoms with van der Waals surface area (Å²) in [4.78, 5) is 11.9. The standard InChI is InChI=1S/C14H16F3NO3S/c1-8(2)22(20,21)18-13(19)12-7-11(12)9-4-3-5-10(6-9)14(15,16)17/h3-6,8,11-12H,7H2,1-2H3,(H,18,19)/t11-,12-/m0/s1. The summed E-state index contributed by atoms with van der Waals surface area (Å²) in [6.07, 6.45) is -4.09. The van der Waals surface area contributed by atoms with Gasteiger partial charge in [0.25, 0.3) is 0 Å². The van der Waals surface area contributed by atoms with Crippen molar-refractivity contribution in [3.05, 3.63) is 35.4 Å². The highest BCUT2D eigenvalue weighted by Gasteiger charge is 2.45. The fourth-order valence-electron chi connectivity index (χ4n) is 2.13. The number of benzene rings is 1. The lowest BCUT2D eigenvalue weighted by Crippen LogP contribution is -2.36. The maximum absolute atomic E-state index is 12.7. The molecule has 122 valence electrons. The van der Waals surface area contributed by atoms with Crippen LogP contribution in [0.4, 0.5) is 13.2 Å². The van der Waals surface area contributed by atoms with E-state index in [4.69, 9.17) is 0 Å². The van der Waals surface area contributed by atoms with Gasteiger partial charge < -0.3 is 0 Å². The maximum Gasteiger partial charge on any atom is 0.416 e. The number of alkyl halides is 3. The van der Waals surface area contributed by atoms with Crippen molar-refractivity contribution in [1.82, 2.24) is 4.72 Å².